The van der Waals surface area contributed by atoms with Gasteiger partial charge in [0.25, 0.3) is 0 Å². The van der Waals surface area contributed by atoms with Gasteiger partial charge in [-0.3, -0.25) is 9.59 Å². The van der Waals surface area contributed by atoms with Crippen molar-refractivity contribution in [1.82, 2.24) is 4.90 Å². The second kappa shape index (κ2) is 9.96. The molecular weight excluding hydrogens is 493 g/mol. The Bertz CT molecular complexity index is 1350. The monoisotopic (exact) mass is 531 g/mol. The van der Waals surface area contributed by atoms with E-state index >= 15 is 0 Å². The lowest BCUT2D eigenvalue weighted by atomic mass is 9.64. The largest absolute Gasteiger partial charge is 0.490 e. The first kappa shape index (κ1) is 27.2. The first-order valence-electron chi connectivity index (χ1n) is 13.8. The predicted molar refractivity (Wildman–Crippen MR) is 149 cm³/mol. The van der Waals surface area contributed by atoms with Gasteiger partial charge in [-0.15, -0.1) is 0 Å². The summed E-state index contributed by atoms with van der Waals surface area (Å²) in [4.78, 5) is 29.6. The minimum absolute atomic E-state index is 0.0616. The molecule has 0 atom stereocenters. The number of carbonyl (C=O) groups is 2. The predicted octanol–water partition coefficient (Wildman–Crippen LogP) is 7.12. The molecule has 0 N–H and O–H groups in total. The van der Waals surface area contributed by atoms with Gasteiger partial charge in [0.1, 0.15) is 12.4 Å². The SMILES string of the molecule is CCOc1cc(C2C3=C(CC(C)(C)CC3=O)N(C)C3=C2C(=O)CC(C)(C)C3)ccc1OCc1ccccc1F. The van der Waals surface area contributed by atoms with Gasteiger partial charge in [0.2, 0.25) is 0 Å². The van der Waals surface area contributed by atoms with Crippen LogP contribution in [0.25, 0.3) is 0 Å². The van der Waals surface area contributed by atoms with Crippen molar-refractivity contribution in [3.8, 4) is 11.5 Å². The van der Waals surface area contributed by atoms with Gasteiger partial charge in [0, 0.05) is 53.9 Å². The summed E-state index contributed by atoms with van der Waals surface area (Å²) in [6, 6.07) is 12.2. The molecule has 0 fully saturated rings. The van der Waals surface area contributed by atoms with Crippen molar-refractivity contribution in [2.45, 2.75) is 72.8 Å². The summed E-state index contributed by atoms with van der Waals surface area (Å²) < 4.78 is 26.2. The van der Waals surface area contributed by atoms with Crippen LogP contribution in [-0.4, -0.2) is 30.1 Å². The van der Waals surface area contributed by atoms with Gasteiger partial charge in [-0.05, 0) is 54.4 Å². The van der Waals surface area contributed by atoms with Gasteiger partial charge in [0.05, 0.1) is 6.61 Å². The van der Waals surface area contributed by atoms with E-state index in [0.29, 0.717) is 36.5 Å². The van der Waals surface area contributed by atoms with E-state index < -0.39 is 5.92 Å². The summed E-state index contributed by atoms with van der Waals surface area (Å²) in [5.41, 5.74) is 4.48. The van der Waals surface area contributed by atoms with Crippen molar-refractivity contribution in [2.24, 2.45) is 10.8 Å². The van der Waals surface area contributed by atoms with Gasteiger partial charge in [0.15, 0.2) is 23.1 Å². The molecule has 1 aliphatic heterocycles. The molecular formula is C33H38FNO4. The van der Waals surface area contributed by atoms with Gasteiger partial charge < -0.3 is 14.4 Å². The molecule has 2 aromatic carbocycles. The summed E-state index contributed by atoms with van der Waals surface area (Å²) in [6.45, 7) is 10.9. The Hall–Kier alpha value is -3.41. The molecule has 0 saturated carbocycles. The van der Waals surface area contributed by atoms with Crippen LogP contribution in [0.3, 0.4) is 0 Å². The first-order chi connectivity index (χ1) is 18.4. The molecule has 2 aliphatic carbocycles. The Morgan fingerprint density at radius 1 is 0.846 bits per heavy atom. The third-order valence-corrected chi connectivity index (χ3v) is 8.12. The molecule has 0 spiro atoms. The van der Waals surface area contributed by atoms with E-state index in [0.717, 1.165) is 40.9 Å². The van der Waals surface area contributed by atoms with Crippen molar-refractivity contribution in [2.75, 3.05) is 13.7 Å². The highest BCUT2D eigenvalue weighted by molar-refractivity contribution is 6.06. The molecule has 39 heavy (non-hydrogen) atoms. The second-order valence-electron chi connectivity index (χ2n) is 12.6. The van der Waals surface area contributed by atoms with Gasteiger partial charge in [-0.25, -0.2) is 4.39 Å². The zero-order valence-electron chi connectivity index (χ0n) is 23.8. The lowest BCUT2D eigenvalue weighted by molar-refractivity contribution is -0.119. The van der Waals surface area contributed by atoms with Crippen LogP contribution in [0.2, 0.25) is 0 Å². The van der Waals surface area contributed by atoms with E-state index in [1.54, 1.807) is 18.2 Å². The van der Waals surface area contributed by atoms with Crippen LogP contribution in [-0.2, 0) is 16.2 Å². The Labute approximate surface area is 230 Å². The topological polar surface area (TPSA) is 55.8 Å². The minimum atomic E-state index is -0.446. The lowest BCUT2D eigenvalue weighted by Gasteiger charge is -2.47. The standard InChI is InChI=1S/C33H38FNO4/c1-7-38-28-14-20(12-13-27(28)39-19-21-10-8-9-11-22(21)34)29-30-23(15-32(2,3)17-25(30)36)35(6)24-16-33(4,5)18-26(37)31(24)29/h8-14,29H,7,15-19H2,1-6H3. The van der Waals surface area contributed by atoms with E-state index in [-0.39, 0.29) is 34.8 Å². The first-order valence-corrected chi connectivity index (χ1v) is 13.8. The van der Waals surface area contributed by atoms with E-state index in [1.807, 2.05) is 32.2 Å². The molecule has 1 heterocycles. The molecule has 6 heteroatoms. The summed E-state index contributed by atoms with van der Waals surface area (Å²) in [5.74, 6) is 0.433. The molecule has 3 aliphatic rings. The number of allylic oxidation sites excluding steroid dienone is 4. The number of halogens is 1. The molecule has 5 rings (SSSR count). The van der Waals surface area contributed by atoms with E-state index in [1.165, 1.54) is 6.07 Å². The third-order valence-electron chi connectivity index (χ3n) is 8.12. The normalized spacial score (nSPS) is 20.6. The fourth-order valence-electron chi connectivity index (χ4n) is 6.36. The van der Waals surface area contributed by atoms with Gasteiger partial charge >= 0.3 is 0 Å². The smallest absolute Gasteiger partial charge is 0.162 e. The number of hydrogen-bond acceptors (Lipinski definition) is 5. The van der Waals surface area contributed by atoms with Gasteiger partial charge in [-0.1, -0.05) is 52.0 Å². The van der Waals surface area contributed by atoms with E-state index in [2.05, 4.69) is 32.6 Å². The van der Waals surface area contributed by atoms with Crippen molar-refractivity contribution >= 4 is 11.6 Å². The zero-order chi connectivity index (χ0) is 28.1. The lowest BCUT2D eigenvalue weighted by Crippen LogP contribution is -2.43. The van der Waals surface area contributed by atoms with Crippen LogP contribution in [0.5, 0.6) is 11.5 Å². The average Bonchev–Trinajstić information content (AvgIpc) is 2.84. The molecule has 0 aromatic heterocycles. The highest BCUT2D eigenvalue weighted by Crippen LogP contribution is 2.54. The number of nitrogens with zero attached hydrogens (tertiary/aromatic N) is 1. The van der Waals surface area contributed by atoms with Crippen LogP contribution in [0, 0.1) is 16.6 Å². The van der Waals surface area contributed by atoms with Crippen molar-refractivity contribution in [3.63, 3.8) is 0 Å². The number of ether oxygens (including phenoxy) is 2. The zero-order valence-corrected chi connectivity index (χ0v) is 23.8. The van der Waals surface area contributed by atoms with Gasteiger partial charge in [-0.2, -0.15) is 0 Å². The molecule has 2 aromatic rings. The fourth-order valence-corrected chi connectivity index (χ4v) is 6.36. The summed E-state index contributed by atoms with van der Waals surface area (Å²) in [7, 11) is 2.01. The molecule has 0 bridgehead atoms. The average molecular weight is 532 g/mol. The van der Waals surface area contributed by atoms with Crippen molar-refractivity contribution in [3.05, 3.63) is 81.9 Å². The van der Waals surface area contributed by atoms with E-state index in [4.69, 9.17) is 9.47 Å². The molecule has 0 unspecified atom stereocenters. The summed E-state index contributed by atoms with van der Waals surface area (Å²) in [6.07, 6.45) is 2.44. The fraction of sp³-hybridized carbons (Fsp3) is 0.455. The number of rotatable bonds is 6. The van der Waals surface area contributed by atoms with Crippen LogP contribution in [0.1, 0.15) is 77.3 Å². The van der Waals surface area contributed by atoms with Crippen LogP contribution < -0.4 is 9.47 Å². The molecule has 0 radical (unpaired) electrons. The van der Waals surface area contributed by atoms with Crippen LogP contribution >= 0.6 is 0 Å². The number of carbonyl (C=O) groups excluding carboxylic acids is 2. The maximum Gasteiger partial charge on any atom is 0.162 e. The Morgan fingerprint density at radius 3 is 2.00 bits per heavy atom. The molecule has 5 nitrogen and oxygen atoms in total. The molecule has 0 amide bonds. The highest BCUT2D eigenvalue weighted by Gasteiger charge is 2.48. The van der Waals surface area contributed by atoms with Crippen LogP contribution in [0.15, 0.2) is 65.0 Å². The highest BCUT2D eigenvalue weighted by atomic mass is 19.1. The van der Waals surface area contributed by atoms with Crippen molar-refractivity contribution < 1.29 is 23.5 Å². The number of hydrogen-bond donors (Lipinski definition) is 0. The molecule has 0 saturated heterocycles. The minimum Gasteiger partial charge on any atom is -0.490 e. The van der Waals surface area contributed by atoms with Crippen molar-refractivity contribution in [1.29, 1.82) is 0 Å². The molecule has 206 valence electrons. The van der Waals surface area contributed by atoms with E-state index in [9.17, 15) is 14.0 Å². The Kier molecular flexibility index (Phi) is 6.94. The maximum absolute atomic E-state index is 14.2. The third kappa shape index (κ3) is 5.13. The van der Waals surface area contributed by atoms with Crippen LogP contribution in [0.4, 0.5) is 4.39 Å². The Morgan fingerprint density at radius 2 is 1.44 bits per heavy atom. The number of Topliss-reactive ketones (excluding diaryl/α,β-unsaturated/α-hetero) is 2. The summed E-state index contributed by atoms with van der Waals surface area (Å²) >= 11 is 0. The number of benzene rings is 2. The number of ketones is 2. The maximum atomic E-state index is 14.2. The quantitative estimate of drug-likeness (QED) is 0.397. The Balaban J connectivity index is 1.61. The second-order valence-corrected chi connectivity index (χ2v) is 12.6. The summed E-state index contributed by atoms with van der Waals surface area (Å²) in [5, 5.41) is 0.